The fourth-order valence-corrected chi connectivity index (χ4v) is 1.71. The molecule has 0 saturated carbocycles. The molecule has 0 N–H and O–H groups in total. The van der Waals surface area contributed by atoms with Crippen LogP contribution in [-0.2, 0) is 32.7 Å². The number of nitrogens with zero attached hydrogens (tertiary/aromatic N) is 3. The summed E-state index contributed by atoms with van der Waals surface area (Å²) in [5.74, 6) is 1.83. The predicted octanol–water partition coefficient (Wildman–Crippen LogP) is 1.66. The topological polar surface area (TPSA) is 31.9 Å². The van der Waals surface area contributed by atoms with E-state index in [2.05, 4.69) is 16.2 Å². The van der Waals surface area contributed by atoms with Gasteiger partial charge in [-0.05, 0) is 6.26 Å². The van der Waals surface area contributed by atoms with Crippen LogP contribution in [0.3, 0.4) is 0 Å². The second-order valence-corrected chi connectivity index (χ2v) is 3.45. The molecular formula is C9H9N3SY-2. The minimum absolute atomic E-state index is 0. The Morgan fingerprint density at radius 2 is 2.36 bits per heavy atom. The maximum Gasteiger partial charge on any atom is 0 e. The Labute approximate surface area is 113 Å². The summed E-state index contributed by atoms with van der Waals surface area (Å²) in [6, 6.07) is 1.99. The monoisotopic (exact) mass is 280 g/mol. The van der Waals surface area contributed by atoms with E-state index in [1.807, 2.05) is 23.8 Å². The van der Waals surface area contributed by atoms with Gasteiger partial charge in [0, 0.05) is 32.7 Å². The van der Waals surface area contributed by atoms with Crippen molar-refractivity contribution in [3.8, 4) is 5.82 Å². The Morgan fingerprint density at radius 3 is 2.93 bits per heavy atom. The van der Waals surface area contributed by atoms with Gasteiger partial charge in [-0.3, -0.25) is 0 Å². The summed E-state index contributed by atoms with van der Waals surface area (Å²) in [5, 5.41) is 0. The van der Waals surface area contributed by atoms with E-state index in [0.29, 0.717) is 0 Å². The van der Waals surface area contributed by atoms with Crippen molar-refractivity contribution in [1.82, 2.24) is 14.5 Å². The van der Waals surface area contributed by atoms with Crippen LogP contribution in [0.15, 0.2) is 23.4 Å². The second kappa shape index (κ2) is 5.15. The van der Waals surface area contributed by atoms with E-state index in [0.717, 1.165) is 16.5 Å². The summed E-state index contributed by atoms with van der Waals surface area (Å²) in [6.45, 7) is 1.94. The van der Waals surface area contributed by atoms with Crippen LogP contribution < -0.4 is 4.98 Å². The fraction of sp³-hybridized carbons (Fsp3) is 0.222. The standard InChI is InChI=1S/C9H9N3S.Y/c1-7-10-5-6-12(7)9-8(13-2)3-4-11-9;/h3-5H,1-2H3;/q-2;. The molecule has 0 fully saturated rings. The molecule has 0 atom stereocenters. The summed E-state index contributed by atoms with van der Waals surface area (Å²) >= 11 is 1.68. The van der Waals surface area contributed by atoms with E-state index < -0.39 is 0 Å². The average Bonchev–Trinajstić information content (AvgIpc) is 2.71. The SMILES string of the molecule is CSc1cc[n-]c1-n1[c-]cnc1C.[Y]. The summed E-state index contributed by atoms with van der Waals surface area (Å²) in [6.07, 6.45) is 8.51. The molecule has 5 heteroatoms. The molecule has 3 nitrogen and oxygen atoms in total. The van der Waals surface area contributed by atoms with Gasteiger partial charge in [-0.15, -0.1) is 11.8 Å². The van der Waals surface area contributed by atoms with Gasteiger partial charge in [0.25, 0.3) is 0 Å². The maximum absolute atomic E-state index is 4.26. The summed E-state index contributed by atoms with van der Waals surface area (Å²) < 4.78 is 1.87. The first-order valence-corrected chi connectivity index (χ1v) is 5.13. The van der Waals surface area contributed by atoms with Crippen molar-refractivity contribution in [1.29, 1.82) is 0 Å². The molecule has 0 aromatic carbocycles. The van der Waals surface area contributed by atoms with Crippen molar-refractivity contribution in [3.05, 3.63) is 30.5 Å². The predicted molar refractivity (Wildman–Crippen MR) is 52.2 cm³/mol. The van der Waals surface area contributed by atoms with Gasteiger partial charge in [0.05, 0.1) is 0 Å². The van der Waals surface area contributed by atoms with Gasteiger partial charge in [-0.25, -0.2) is 0 Å². The summed E-state index contributed by atoms with van der Waals surface area (Å²) in [7, 11) is 0. The first-order valence-electron chi connectivity index (χ1n) is 3.91. The largest absolute Gasteiger partial charge is 0.566 e. The normalized spacial score (nSPS) is 9.86. The maximum atomic E-state index is 4.26. The minimum atomic E-state index is 0. The summed E-state index contributed by atoms with van der Waals surface area (Å²) in [4.78, 5) is 9.52. The molecular weight excluding hydrogens is 271 g/mol. The van der Waals surface area contributed by atoms with Crippen LogP contribution in [0, 0.1) is 13.1 Å². The van der Waals surface area contributed by atoms with Crippen LogP contribution in [0.2, 0.25) is 0 Å². The second-order valence-electron chi connectivity index (χ2n) is 2.61. The summed E-state index contributed by atoms with van der Waals surface area (Å²) in [5.41, 5.74) is 0. The number of thioether (sulfide) groups is 1. The molecule has 71 valence electrons. The third-order valence-electron chi connectivity index (χ3n) is 1.84. The molecule has 0 unspecified atom stereocenters. The molecule has 0 spiro atoms. The van der Waals surface area contributed by atoms with E-state index in [1.54, 1.807) is 24.2 Å². The Balaban J connectivity index is 0.000000980. The van der Waals surface area contributed by atoms with E-state index >= 15 is 0 Å². The number of aromatic nitrogens is 3. The van der Waals surface area contributed by atoms with E-state index in [1.165, 1.54) is 0 Å². The molecule has 1 radical (unpaired) electrons. The van der Waals surface area contributed by atoms with Crippen LogP contribution in [0.4, 0.5) is 0 Å². The van der Waals surface area contributed by atoms with Gasteiger partial charge in [-0.2, -0.15) is 12.0 Å². The Morgan fingerprint density at radius 1 is 1.57 bits per heavy atom. The van der Waals surface area contributed by atoms with Gasteiger partial charge in [0.1, 0.15) is 0 Å². The van der Waals surface area contributed by atoms with Crippen LogP contribution in [0.5, 0.6) is 0 Å². The van der Waals surface area contributed by atoms with E-state index in [9.17, 15) is 0 Å². The zero-order valence-electron chi connectivity index (χ0n) is 8.06. The van der Waals surface area contributed by atoms with E-state index in [4.69, 9.17) is 0 Å². The van der Waals surface area contributed by atoms with Crippen molar-refractivity contribution in [3.63, 3.8) is 0 Å². The van der Waals surface area contributed by atoms with Crippen molar-refractivity contribution in [2.45, 2.75) is 11.8 Å². The molecule has 0 aliphatic carbocycles. The van der Waals surface area contributed by atoms with Crippen molar-refractivity contribution in [2.75, 3.05) is 6.26 Å². The molecule has 2 aromatic heterocycles. The van der Waals surface area contributed by atoms with Crippen LogP contribution in [-0.4, -0.2) is 15.8 Å². The molecule has 2 aromatic rings. The molecule has 2 rings (SSSR count). The van der Waals surface area contributed by atoms with Crippen molar-refractivity contribution >= 4 is 11.8 Å². The molecule has 0 saturated heterocycles. The quantitative estimate of drug-likeness (QED) is 0.619. The van der Waals surface area contributed by atoms with Crippen molar-refractivity contribution < 1.29 is 32.7 Å². The Hall–Kier alpha value is -0.0561. The van der Waals surface area contributed by atoms with Gasteiger partial charge in [-0.1, -0.05) is 36.1 Å². The van der Waals surface area contributed by atoms with Gasteiger partial charge in [0.15, 0.2) is 0 Å². The first-order chi connectivity index (χ1) is 6.33. The smallest absolute Gasteiger partial charge is 0 e. The molecule has 0 aliphatic heterocycles. The molecule has 0 amide bonds. The number of hydrogen-bond acceptors (Lipinski definition) is 2. The number of hydrogen-bond donors (Lipinski definition) is 0. The fourth-order valence-electron chi connectivity index (χ4n) is 1.19. The van der Waals surface area contributed by atoms with Crippen LogP contribution in [0.1, 0.15) is 5.82 Å². The zero-order valence-corrected chi connectivity index (χ0v) is 11.7. The van der Waals surface area contributed by atoms with Gasteiger partial charge in [0.2, 0.25) is 0 Å². The van der Waals surface area contributed by atoms with Crippen LogP contribution >= 0.6 is 11.8 Å². The zero-order chi connectivity index (χ0) is 9.26. The van der Waals surface area contributed by atoms with E-state index in [-0.39, 0.29) is 32.7 Å². The van der Waals surface area contributed by atoms with Crippen molar-refractivity contribution in [2.24, 2.45) is 0 Å². The number of rotatable bonds is 2. The molecule has 2 heterocycles. The third kappa shape index (κ3) is 2.13. The van der Waals surface area contributed by atoms with Gasteiger partial charge >= 0.3 is 0 Å². The molecule has 14 heavy (non-hydrogen) atoms. The first kappa shape index (κ1) is 12.0. The third-order valence-corrected chi connectivity index (χ3v) is 2.60. The molecule has 0 aliphatic rings. The van der Waals surface area contributed by atoms with Gasteiger partial charge < -0.3 is 14.5 Å². The minimum Gasteiger partial charge on any atom is -0.566 e. The van der Waals surface area contributed by atoms with Crippen LogP contribution in [0.25, 0.3) is 5.82 Å². The average molecular weight is 280 g/mol. The Kier molecular flexibility index (Phi) is 4.42. The number of imidazole rings is 1. The number of aryl methyl sites for hydroxylation is 1. The molecule has 0 bridgehead atoms. The Bertz CT molecular complexity index is 408.